The summed E-state index contributed by atoms with van der Waals surface area (Å²) >= 11 is 0. The van der Waals surface area contributed by atoms with Crippen LogP contribution in [0.25, 0.3) is 11.0 Å². The highest BCUT2D eigenvalue weighted by molar-refractivity contribution is 5.83. The van der Waals surface area contributed by atoms with E-state index in [-0.39, 0.29) is 0 Å². The van der Waals surface area contributed by atoms with Crippen molar-refractivity contribution in [2.45, 2.75) is 20.3 Å². The van der Waals surface area contributed by atoms with Crippen LogP contribution in [0.3, 0.4) is 0 Å². The molecule has 70 valence electrons. The highest BCUT2D eigenvalue weighted by atomic mass is 16.3. The summed E-state index contributed by atoms with van der Waals surface area (Å²) in [6.07, 6.45) is 2.08. The summed E-state index contributed by atoms with van der Waals surface area (Å²) in [5.74, 6) is 0.857. The van der Waals surface area contributed by atoms with Gasteiger partial charge in [-0.2, -0.15) is 5.26 Å². The van der Waals surface area contributed by atoms with E-state index in [1.165, 1.54) is 0 Å². The van der Waals surface area contributed by atoms with Crippen LogP contribution >= 0.6 is 0 Å². The van der Waals surface area contributed by atoms with Crippen molar-refractivity contribution in [3.63, 3.8) is 0 Å². The molecule has 0 atom stereocenters. The Morgan fingerprint density at radius 3 is 3.00 bits per heavy atom. The van der Waals surface area contributed by atoms with Crippen LogP contribution in [0.2, 0.25) is 0 Å². The van der Waals surface area contributed by atoms with Crippen LogP contribution in [0.4, 0.5) is 0 Å². The number of hydrogen-bond donors (Lipinski definition) is 0. The second kappa shape index (κ2) is 3.15. The standard InChI is InChI=1S/C11H10N2O/c1-7-6-13-10(3-4-12)9-5-8(2)14-11(7)9/h5-6H,3H2,1-2H3. The molecule has 0 amide bonds. The summed E-state index contributed by atoms with van der Waals surface area (Å²) in [6.45, 7) is 3.85. The Morgan fingerprint density at radius 1 is 1.50 bits per heavy atom. The van der Waals surface area contributed by atoms with E-state index in [1.54, 1.807) is 6.20 Å². The van der Waals surface area contributed by atoms with Crippen molar-refractivity contribution in [3.8, 4) is 6.07 Å². The van der Waals surface area contributed by atoms with Gasteiger partial charge >= 0.3 is 0 Å². The smallest absolute Gasteiger partial charge is 0.140 e. The first-order valence-electron chi connectivity index (χ1n) is 4.44. The number of pyridine rings is 1. The molecule has 0 saturated heterocycles. The molecule has 0 aromatic carbocycles. The first-order chi connectivity index (χ1) is 6.72. The van der Waals surface area contributed by atoms with Gasteiger partial charge < -0.3 is 4.42 Å². The SMILES string of the molecule is Cc1cc2c(CC#N)ncc(C)c2o1. The van der Waals surface area contributed by atoms with Gasteiger partial charge in [0, 0.05) is 17.1 Å². The first kappa shape index (κ1) is 8.76. The maximum Gasteiger partial charge on any atom is 0.140 e. The molecule has 0 saturated carbocycles. The second-order valence-corrected chi connectivity index (χ2v) is 3.32. The number of hydrogen-bond acceptors (Lipinski definition) is 3. The van der Waals surface area contributed by atoms with Crippen LogP contribution < -0.4 is 0 Å². The Hall–Kier alpha value is -1.82. The van der Waals surface area contributed by atoms with Gasteiger partial charge in [-0.15, -0.1) is 0 Å². The van der Waals surface area contributed by atoms with E-state index in [0.29, 0.717) is 6.42 Å². The fourth-order valence-electron chi connectivity index (χ4n) is 1.54. The van der Waals surface area contributed by atoms with Crippen molar-refractivity contribution in [1.29, 1.82) is 5.26 Å². The third-order valence-corrected chi connectivity index (χ3v) is 2.18. The number of nitrogens with zero attached hydrogens (tertiary/aromatic N) is 2. The third kappa shape index (κ3) is 1.25. The van der Waals surface area contributed by atoms with Gasteiger partial charge in [0.05, 0.1) is 18.2 Å². The quantitative estimate of drug-likeness (QED) is 0.687. The van der Waals surface area contributed by atoms with Crippen LogP contribution in [0, 0.1) is 25.2 Å². The zero-order chi connectivity index (χ0) is 10.1. The first-order valence-corrected chi connectivity index (χ1v) is 4.44. The topological polar surface area (TPSA) is 49.8 Å². The molecule has 2 aromatic heterocycles. The molecule has 0 fully saturated rings. The van der Waals surface area contributed by atoms with E-state index in [9.17, 15) is 0 Å². The van der Waals surface area contributed by atoms with Crippen LogP contribution in [0.1, 0.15) is 17.0 Å². The second-order valence-electron chi connectivity index (χ2n) is 3.32. The number of rotatable bonds is 1. The fourth-order valence-corrected chi connectivity index (χ4v) is 1.54. The minimum Gasteiger partial charge on any atom is -0.461 e. The number of nitriles is 1. The molecular weight excluding hydrogens is 176 g/mol. The van der Waals surface area contributed by atoms with Crippen molar-refractivity contribution in [2.24, 2.45) is 0 Å². The third-order valence-electron chi connectivity index (χ3n) is 2.18. The summed E-state index contributed by atoms with van der Waals surface area (Å²) in [7, 11) is 0. The van der Waals surface area contributed by atoms with Gasteiger partial charge in [0.1, 0.15) is 11.3 Å². The average Bonchev–Trinajstić information content (AvgIpc) is 2.53. The van der Waals surface area contributed by atoms with Gasteiger partial charge in [0.25, 0.3) is 0 Å². The molecule has 0 radical (unpaired) electrons. The van der Waals surface area contributed by atoms with Gasteiger partial charge in [-0.05, 0) is 19.9 Å². The minimum atomic E-state index is 0.329. The lowest BCUT2D eigenvalue weighted by Gasteiger charge is -1.97. The van der Waals surface area contributed by atoms with Gasteiger partial charge in [-0.1, -0.05) is 0 Å². The van der Waals surface area contributed by atoms with Crippen molar-refractivity contribution in [3.05, 3.63) is 29.3 Å². The molecule has 14 heavy (non-hydrogen) atoms. The zero-order valence-electron chi connectivity index (χ0n) is 8.16. The summed E-state index contributed by atoms with van der Waals surface area (Å²) in [5, 5.41) is 9.60. The Kier molecular flexibility index (Phi) is 1.97. The van der Waals surface area contributed by atoms with E-state index in [1.807, 2.05) is 19.9 Å². The largest absolute Gasteiger partial charge is 0.461 e. The summed E-state index contributed by atoms with van der Waals surface area (Å²) in [5.41, 5.74) is 2.66. The predicted octanol–water partition coefficient (Wildman–Crippen LogP) is 2.51. The molecule has 3 nitrogen and oxygen atoms in total. The Labute approximate surface area is 82.0 Å². The van der Waals surface area contributed by atoms with Gasteiger partial charge in [0.2, 0.25) is 0 Å². The molecule has 2 heterocycles. The average molecular weight is 186 g/mol. The van der Waals surface area contributed by atoms with Crippen molar-refractivity contribution in [2.75, 3.05) is 0 Å². The minimum absolute atomic E-state index is 0.329. The molecule has 3 heteroatoms. The molecule has 2 aromatic rings. The molecule has 0 bridgehead atoms. The number of fused-ring (bicyclic) bond motifs is 1. The maximum absolute atomic E-state index is 8.63. The van der Waals surface area contributed by atoms with Crippen LogP contribution in [-0.2, 0) is 6.42 Å². The van der Waals surface area contributed by atoms with E-state index in [0.717, 1.165) is 28.0 Å². The lowest BCUT2D eigenvalue weighted by atomic mass is 10.1. The van der Waals surface area contributed by atoms with Gasteiger partial charge in [0.15, 0.2) is 0 Å². The monoisotopic (exact) mass is 186 g/mol. The predicted molar refractivity (Wildman–Crippen MR) is 52.8 cm³/mol. The molecule has 0 unspecified atom stereocenters. The fraction of sp³-hybridized carbons (Fsp3) is 0.273. The molecular formula is C11H10N2O. The molecule has 2 rings (SSSR count). The summed E-state index contributed by atoms with van der Waals surface area (Å²) in [4.78, 5) is 4.23. The van der Waals surface area contributed by atoms with Gasteiger partial charge in [-0.25, -0.2) is 0 Å². The van der Waals surface area contributed by atoms with Crippen LogP contribution in [-0.4, -0.2) is 4.98 Å². The zero-order valence-corrected chi connectivity index (χ0v) is 8.16. The van der Waals surface area contributed by atoms with Crippen molar-refractivity contribution >= 4 is 11.0 Å². The number of furan rings is 1. The molecule has 0 aliphatic carbocycles. The summed E-state index contributed by atoms with van der Waals surface area (Å²) in [6, 6.07) is 4.03. The Morgan fingerprint density at radius 2 is 2.29 bits per heavy atom. The maximum atomic E-state index is 8.63. The van der Waals surface area contributed by atoms with Crippen LogP contribution in [0.5, 0.6) is 0 Å². The van der Waals surface area contributed by atoms with Crippen molar-refractivity contribution in [1.82, 2.24) is 4.98 Å². The Bertz CT molecular complexity index is 520. The normalized spacial score (nSPS) is 10.4. The number of aromatic nitrogens is 1. The highest BCUT2D eigenvalue weighted by Gasteiger charge is 2.09. The van der Waals surface area contributed by atoms with Crippen molar-refractivity contribution < 1.29 is 4.42 Å². The van der Waals surface area contributed by atoms with E-state index < -0.39 is 0 Å². The lowest BCUT2D eigenvalue weighted by Crippen LogP contribution is -1.89. The number of aryl methyl sites for hydroxylation is 2. The van der Waals surface area contributed by atoms with Gasteiger partial charge in [-0.3, -0.25) is 4.98 Å². The van der Waals surface area contributed by atoms with E-state index in [2.05, 4.69) is 11.1 Å². The van der Waals surface area contributed by atoms with E-state index >= 15 is 0 Å². The lowest BCUT2D eigenvalue weighted by molar-refractivity contribution is 0.576. The molecule has 0 N–H and O–H groups in total. The van der Waals surface area contributed by atoms with E-state index in [4.69, 9.17) is 9.68 Å². The summed E-state index contributed by atoms with van der Waals surface area (Å²) < 4.78 is 5.54. The molecule has 0 aliphatic heterocycles. The Balaban J connectivity index is 2.75. The molecule has 0 aliphatic rings. The van der Waals surface area contributed by atoms with Crippen LogP contribution in [0.15, 0.2) is 16.7 Å². The highest BCUT2D eigenvalue weighted by Crippen LogP contribution is 2.24. The molecule has 0 spiro atoms.